The molecule has 1 rings (SSSR count). The Bertz CT molecular complexity index is 328. The second-order valence-electron chi connectivity index (χ2n) is 3.64. The van der Waals surface area contributed by atoms with E-state index in [1.54, 1.807) is 14.2 Å². The highest BCUT2D eigenvalue weighted by Gasteiger charge is 2.07. The van der Waals surface area contributed by atoms with Gasteiger partial charge in [-0.25, -0.2) is 0 Å². The van der Waals surface area contributed by atoms with Crippen LogP contribution in [0.15, 0.2) is 18.2 Å². The summed E-state index contributed by atoms with van der Waals surface area (Å²) in [7, 11) is 5.25. The lowest BCUT2D eigenvalue weighted by atomic mass is 10.1. The number of benzene rings is 1. The number of nitrogens with zero attached hydrogens (tertiary/aromatic N) is 1. The van der Waals surface area contributed by atoms with Crippen molar-refractivity contribution in [3.05, 3.63) is 23.8 Å². The van der Waals surface area contributed by atoms with Crippen molar-refractivity contribution < 1.29 is 14.6 Å². The van der Waals surface area contributed by atoms with Crippen LogP contribution in [0.5, 0.6) is 11.5 Å². The molecule has 1 aromatic carbocycles. The molecule has 1 aromatic rings. The Morgan fingerprint density at radius 2 is 2.00 bits per heavy atom. The van der Waals surface area contributed by atoms with E-state index in [2.05, 4.69) is 0 Å². The van der Waals surface area contributed by atoms with Crippen LogP contribution in [0, 0.1) is 0 Å². The number of ether oxygens (including phenoxy) is 2. The minimum absolute atomic E-state index is 0.156. The zero-order valence-electron chi connectivity index (χ0n) is 10.1. The number of aliphatic hydroxyl groups is 1. The standard InChI is InChI=1S/C12H19NO3/c1-13(6-7-14)9-10-8-11(15-2)4-5-12(10)16-3/h4-5,8,14H,6-7,9H2,1-3H3. The zero-order valence-corrected chi connectivity index (χ0v) is 10.1. The summed E-state index contributed by atoms with van der Waals surface area (Å²) in [5.41, 5.74) is 1.05. The van der Waals surface area contributed by atoms with Gasteiger partial charge in [-0.05, 0) is 25.2 Å². The number of hydrogen-bond donors (Lipinski definition) is 1. The van der Waals surface area contributed by atoms with Crippen LogP contribution in [0.3, 0.4) is 0 Å². The SMILES string of the molecule is COc1ccc(OC)c(CN(C)CCO)c1. The van der Waals surface area contributed by atoms with Crippen LogP contribution < -0.4 is 9.47 Å². The summed E-state index contributed by atoms with van der Waals surface area (Å²) in [5, 5.41) is 8.84. The topological polar surface area (TPSA) is 41.9 Å². The Labute approximate surface area is 96.4 Å². The number of hydrogen-bond acceptors (Lipinski definition) is 4. The molecule has 0 spiro atoms. The highest BCUT2D eigenvalue weighted by Crippen LogP contribution is 2.24. The van der Waals surface area contributed by atoms with E-state index in [1.807, 2.05) is 30.1 Å². The molecule has 0 radical (unpaired) electrons. The Hall–Kier alpha value is -1.26. The van der Waals surface area contributed by atoms with Crippen molar-refractivity contribution in [1.29, 1.82) is 0 Å². The van der Waals surface area contributed by atoms with Crippen molar-refractivity contribution in [2.24, 2.45) is 0 Å². The van der Waals surface area contributed by atoms with Gasteiger partial charge in [-0.2, -0.15) is 0 Å². The van der Waals surface area contributed by atoms with E-state index >= 15 is 0 Å². The molecule has 0 atom stereocenters. The summed E-state index contributed by atoms with van der Waals surface area (Å²) in [5.74, 6) is 1.65. The predicted molar refractivity (Wildman–Crippen MR) is 63.0 cm³/mol. The highest BCUT2D eigenvalue weighted by molar-refractivity contribution is 5.40. The van der Waals surface area contributed by atoms with Gasteiger partial charge < -0.3 is 14.6 Å². The summed E-state index contributed by atoms with van der Waals surface area (Å²) >= 11 is 0. The van der Waals surface area contributed by atoms with Gasteiger partial charge in [-0.1, -0.05) is 0 Å². The summed E-state index contributed by atoms with van der Waals surface area (Å²) in [6.45, 7) is 1.52. The van der Waals surface area contributed by atoms with Crippen molar-refractivity contribution >= 4 is 0 Å². The van der Waals surface area contributed by atoms with Gasteiger partial charge >= 0.3 is 0 Å². The van der Waals surface area contributed by atoms with Gasteiger partial charge in [0.25, 0.3) is 0 Å². The van der Waals surface area contributed by atoms with E-state index in [-0.39, 0.29) is 6.61 Å². The quantitative estimate of drug-likeness (QED) is 0.788. The molecule has 0 aliphatic heterocycles. The van der Waals surface area contributed by atoms with Gasteiger partial charge in [-0.15, -0.1) is 0 Å². The van der Waals surface area contributed by atoms with E-state index in [4.69, 9.17) is 14.6 Å². The first-order valence-corrected chi connectivity index (χ1v) is 5.21. The van der Waals surface area contributed by atoms with Crippen LogP contribution in [0.4, 0.5) is 0 Å². The third kappa shape index (κ3) is 3.40. The molecule has 90 valence electrons. The highest BCUT2D eigenvalue weighted by atomic mass is 16.5. The monoisotopic (exact) mass is 225 g/mol. The fourth-order valence-corrected chi connectivity index (χ4v) is 1.55. The summed E-state index contributed by atoms with van der Waals surface area (Å²) in [4.78, 5) is 2.03. The number of methoxy groups -OCH3 is 2. The minimum atomic E-state index is 0.156. The molecular weight excluding hydrogens is 206 g/mol. The molecule has 0 amide bonds. The Balaban J connectivity index is 2.82. The van der Waals surface area contributed by atoms with Crippen LogP contribution in [-0.2, 0) is 6.54 Å². The van der Waals surface area contributed by atoms with Crippen LogP contribution in [0.25, 0.3) is 0 Å². The lowest BCUT2D eigenvalue weighted by Crippen LogP contribution is -2.21. The van der Waals surface area contributed by atoms with Crippen molar-refractivity contribution in [3.63, 3.8) is 0 Å². The van der Waals surface area contributed by atoms with E-state index in [9.17, 15) is 0 Å². The minimum Gasteiger partial charge on any atom is -0.497 e. The zero-order chi connectivity index (χ0) is 12.0. The van der Waals surface area contributed by atoms with E-state index < -0.39 is 0 Å². The summed E-state index contributed by atoms with van der Waals surface area (Å²) in [6, 6.07) is 5.71. The summed E-state index contributed by atoms with van der Waals surface area (Å²) in [6.07, 6.45) is 0. The van der Waals surface area contributed by atoms with E-state index in [0.29, 0.717) is 6.54 Å². The van der Waals surface area contributed by atoms with Crippen LogP contribution >= 0.6 is 0 Å². The third-order valence-electron chi connectivity index (χ3n) is 2.41. The number of rotatable bonds is 6. The first-order valence-electron chi connectivity index (χ1n) is 5.21. The molecule has 4 heteroatoms. The predicted octanol–water partition coefficient (Wildman–Crippen LogP) is 1.13. The second kappa shape index (κ2) is 6.35. The lowest BCUT2D eigenvalue weighted by Gasteiger charge is -2.17. The smallest absolute Gasteiger partial charge is 0.123 e. The number of aliphatic hydroxyl groups excluding tert-OH is 1. The summed E-state index contributed by atoms with van der Waals surface area (Å²) < 4.78 is 10.5. The van der Waals surface area contributed by atoms with Gasteiger partial charge in [0.05, 0.1) is 20.8 Å². The molecule has 0 bridgehead atoms. The Morgan fingerprint density at radius 3 is 2.56 bits per heavy atom. The fourth-order valence-electron chi connectivity index (χ4n) is 1.55. The molecule has 0 fully saturated rings. The molecule has 0 aliphatic rings. The van der Waals surface area contributed by atoms with Gasteiger partial charge in [0, 0.05) is 18.7 Å². The maximum absolute atomic E-state index is 8.84. The maximum Gasteiger partial charge on any atom is 0.123 e. The van der Waals surface area contributed by atoms with E-state index in [1.165, 1.54) is 0 Å². The van der Waals surface area contributed by atoms with Crippen molar-refractivity contribution in [3.8, 4) is 11.5 Å². The van der Waals surface area contributed by atoms with Crippen molar-refractivity contribution in [2.75, 3.05) is 34.4 Å². The average molecular weight is 225 g/mol. The first kappa shape index (κ1) is 12.8. The molecular formula is C12H19NO3. The van der Waals surface area contributed by atoms with Gasteiger partial charge in [0.15, 0.2) is 0 Å². The van der Waals surface area contributed by atoms with Gasteiger partial charge in [-0.3, -0.25) is 4.90 Å². The van der Waals surface area contributed by atoms with Crippen LogP contribution in [-0.4, -0.2) is 44.4 Å². The Kier molecular flexibility index (Phi) is 5.08. The fraction of sp³-hybridized carbons (Fsp3) is 0.500. The third-order valence-corrected chi connectivity index (χ3v) is 2.41. The molecule has 0 heterocycles. The largest absolute Gasteiger partial charge is 0.497 e. The lowest BCUT2D eigenvalue weighted by molar-refractivity contribution is 0.215. The molecule has 0 unspecified atom stereocenters. The first-order chi connectivity index (χ1) is 7.71. The molecule has 0 saturated heterocycles. The molecule has 0 aromatic heterocycles. The van der Waals surface area contributed by atoms with Crippen LogP contribution in [0.2, 0.25) is 0 Å². The maximum atomic E-state index is 8.84. The normalized spacial score (nSPS) is 10.6. The number of likely N-dealkylation sites (N-methyl/N-ethyl adjacent to an activating group) is 1. The Morgan fingerprint density at radius 1 is 1.25 bits per heavy atom. The van der Waals surface area contributed by atoms with Crippen molar-refractivity contribution in [2.45, 2.75) is 6.54 Å². The van der Waals surface area contributed by atoms with Gasteiger partial charge in [0.1, 0.15) is 11.5 Å². The second-order valence-corrected chi connectivity index (χ2v) is 3.64. The van der Waals surface area contributed by atoms with E-state index in [0.717, 1.165) is 23.6 Å². The van der Waals surface area contributed by atoms with Gasteiger partial charge in [0.2, 0.25) is 0 Å². The molecule has 1 N–H and O–H groups in total. The average Bonchev–Trinajstić information content (AvgIpc) is 2.29. The molecule has 4 nitrogen and oxygen atoms in total. The van der Waals surface area contributed by atoms with Crippen LogP contribution in [0.1, 0.15) is 5.56 Å². The molecule has 0 saturated carbocycles. The molecule has 0 aliphatic carbocycles. The van der Waals surface area contributed by atoms with Crippen molar-refractivity contribution in [1.82, 2.24) is 4.90 Å². The molecule has 16 heavy (non-hydrogen) atoms.